The number of hydrogen-bond donors (Lipinski definition) is 1. The third-order valence-electron chi connectivity index (χ3n) is 1.82. The molecule has 1 rings (SSSR count). The Morgan fingerprint density at radius 3 is 2.33 bits per heavy atom. The van der Waals surface area contributed by atoms with Crippen LogP contribution in [0.25, 0.3) is 0 Å². The lowest BCUT2D eigenvalue weighted by Gasteiger charge is -2.09. The van der Waals surface area contributed by atoms with Crippen molar-refractivity contribution in [1.82, 2.24) is 0 Å². The maximum absolute atomic E-state index is 5.54. The van der Waals surface area contributed by atoms with Gasteiger partial charge in [-0.3, -0.25) is 4.99 Å². The van der Waals surface area contributed by atoms with Crippen LogP contribution in [0.3, 0.4) is 0 Å². The van der Waals surface area contributed by atoms with Gasteiger partial charge >= 0.3 is 0 Å². The van der Waals surface area contributed by atoms with E-state index in [1.807, 2.05) is 30.3 Å². The van der Waals surface area contributed by atoms with Crippen LogP contribution in [0.4, 0.5) is 0 Å². The predicted molar refractivity (Wildman–Crippen MR) is 66.9 cm³/mol. The lowest BCUT2D eigenvalue weighted by atomic mass is 10.2. The molecular weight excluding hydrogens is 254 g/mol. The molecule has 0 aromatic heterocycles. The molecule has 0 spiro atoms. The summed E-state index contributed by atoms with van der Waals surface area (Å²) in [6.07, 6.45) is 0.780. The molecule has 0 saturated carbocycles. The standard InChI is InChI=1S/C10H11Cl3N2/c11-10(12,13)9(14)15-7-6-8-4-2-1-3-5-8/h1-5H,6-7H2,(H2,14,15). The number of benzene rings is 1. The number of halogens is 3. The highest BCUT2D eigenvalue weighted by molar-refractivity contribution is 6.76. The summed E-state index contributed by atoms with van der Waals surface area (Å²) in [5.74, 6) is 0.0310. The van der Waals surface area contributed by atoms with E-state index in [1.165, 1.54) is 5.56 Å². The van der Waals surface area contributed by atoms with Crippen molar-refractivity contribution in [2.24, 2.45) is 10.7 Å². The van der Waals surface area contributed by atoms with Gasteiger partial charge in [0.25, 0.3) is 0 Å². The highest BCUT2D eigenvalue weighted by Gasteiger charge is 2.24. The molecule has 0 heterocycles. The van der Waals surface area contributed by atoms with Crippen LogP contribution < -0.4 is 5.73 Å². The van der Waals surface area contributed by atoms with Crippen LogP contribution in [-0.2, 0) is 6.42 Å². The second-order valence-corrected chi connectivity index (χ2v) is 5.28. The van der Waals surface area contributed by atoms with E-state index >= 15 is 0 Å². The van der Waals surface area contributed by atoms with Gasteiger partial charge in [-0.05, 0) is 12.0 Å². The van der Waals surface area contributed by atoms with Crippen molar-refractivity contribution in [3.05, 3.63) is 35.9 Å². The molecule has 0 bridgehead atoms. The lowest BCUT2D eigenvalue weighted by Crippen LogP contribution is -2.28. The molecule has 0 amide bonds. The van der Waals surface area contributed by atoms with Crippen LogP contribution in [0.2, 0.25) is 0 Å². The summed E-state index contributed by atoms with van der Waals surface area (Å²) in [4.78, 5) is 3.99. The summed E-state index contributed by atoms with van der Waals surface area (Å²) < 4.78 is -1.60. The van der Waals surface area contributed by atoms with Crippen molar-refractivity contribution >= 4 is 40.6 Å². The first-order valence-electron chi connectivity index (χ1n) is 4.41. The Morgan fingerprint density at radius 1 is 1.20 bits per heavy atom. The van der Waals surface area contributed by atoms with E-state index in [-0.39, 0.29) is 5.84 Å². The minimum Gasteiger partial charge on any atom is -0.384 e. The Balaban J connectivity index is 2.46. The van der Waals surface area contributed by atoms with E-state index in [0.29, 0.717) is 6.54 Å². The number of rotatable bonds is 3. The van der Waals surface area contributed by atoms with Crippen molar-refractivity contribution in [1.29, 1.82) is 0 Å². The van der Waals surface area contributed by atoms with E-state index in [4.69, 9.17) is 40.5 Å². The quantitative estimate of drug-likeness (QED) is 0.509. The van der Waals surface area contributed by atoms with Crippen LogP contribution in [-0.4, -0.2) is 16.2 Å². The van der Waals surface area contributed by atoms with Gasteiger partial charge in [-0.25, -0.2) is 0 Å². The summed E-state index contributed by atoms with van der Waals surface area (Å²) >= 11 is 16.6. The Kier molecular flexibility index (Phi) is 4.71. The van der Waals surface area contributed by atoms with Crippen LogP contribution in [0.5, 0.6) is 0 Å². The van der Waals surface area contributed by atoms with Gasteiger partial charge < -0.3 is 5.73 Å². The van der Waals surface area contributed by atoms with Crippen molar-refractivity contribution in [2.75, 3.05) is 6.54 Å². The summed E-state index contributed by atoms with van der Waals surface area (Å²) in [7, 11) is 0. The monoisotopic (exact) mass is 264 g/mol. The third kappa shape index (κ3) is 4.74. The van der Waals surface area contributed by atoms with Gasteiger partial charge in [0, 0.05) is 6.54 Å². The van der Waals surface area contributed by atoms with Crippen molar-refractivity contribution in [3.63, 3.8) is 0 Å². The van der Waals surface area contributed by atoms with Gasteiger partial charge in [0.05, 0.1) is 0 Å². The first-order chi connectivity index (χ1) is 7.00. The summed E-state index contributed by atoms with van der Waals surface area (Å²) in [6.45, 7) is 0.518. The summed E-state index contributed by atoms with van der Waals surface area (Å²) in [6, 6.07) is 9.93. The van der Waals surface area contributed by atoms with Gasteiger partial charge in [-0.2, -0.15) is 0 Å². The largest absolute Gasteiger partial charge is 0.384 e. The zero-order valence-corrected chi connectivity index (χ0v) is 10.2. The molecule has 0 fully saturated rings. The van der Waals surface area contributed by atoms with Crippen LogP contribution in [0, 0.1) is 0 Å². The average molecular weight is 266 g/mol. The molecule has 15 heavy (non-hydrogen) atoms. The van der Waals surface area contributed by atoms with E-state index in [1.54, 1.807) is 0 Å². The fourth-order valence-corrected chi connectivity index (χ4v) is 1.22. The minimum absolute atomic E-state index is 0.0310. The molecule has 0 radical (unpaired) electrons. The first-order valence-corrected chi connectivity index (χ1v) is 5.54. The molecule has 0 saturated heterocycles. The van der Waals surface area contributed by atoms with Gasteiger partial charge in [0.2, 0.25) is 3.79 Å². The fraction of sp³-hybridized carbons (Fsp3) is 0.300. The highest BCUT2D eigenvalue weighted by Crippen LogP contribution is 2.25. The van der Waals surface area contributed by atoms with Crippen LogP contribution in [0.15, 0.2) is 35.3 Å². The Bertz CT molecular complexity index is 330. The maximum Gasteiger partial charge on any atom is 0.247 e. The zero-order valence-electron chi connectivity index (χ0n) is 7.96. The van der Waals surface area contributed by atoms with Gasteiger partial charge in [-0.15, -0.1) is 0 Å². The summed E-state index contributed by atoms with van der Waals surface area (Å²) in [5.41, 5.74) is 6.65. The maximum atomic E-state index is 5.54. The number of nitrogens with zero attached hydrogens (tertiary/aromatic N) is 1. The van der Waals surface area contributed by atoms with Crippen molar-refractivity contribution < 1.29 is 0 Å². The smallest absolute Gasteiger partial charge is 0.247 e. The molecule has 1 aromatic rings. The lowest BCUT2D eigenvalue weighted by molar-refractivity contribution is 0.961. The van der Waals surface area contributed by atoms with E-state index in [2.05, 4.69) is 4.99 Å². The zero-order chi connectivity index (χ0) is 11.3. The molecule has 2 nitrogen and oxygen atoms in total. The molecule has 0 atom stereocenters. The molecule has 0 aliphatic heterocycles. The molecule has 1 aromatic carbocycles. The predicted octanol–water partition coefficient (Wildman–Crippen LogP) is 2.96. The Labute approximate surface area is 104 Å². The fourth-order valence-electron chi connectivity index (χ4n) is 1.04. The van der Waals surface area contributed by atoms with Gasteiger partial charge in [0.15, 0.2) is 0 Å². The van der Waals surface area contributed by atoms with Crippen molar-refractivity contribution in [2.45, 2.75) is 10.2 Å². The van der Waals surface area contributed by atoms with Gasteiger partial charge in [0.1, 0.15) is 5.84 Å². The highest BCUT2D eigenvalue weighted by atomic mass is 35.6. The first kappa shape index (κ1) is 12.6. The second-order valence-electron chi connectivity index (χ2n) is 3.00. The number of amidine groups is 1. The third-order valence-corrected chi connectivity index (χ3v) is 2.40. The van der Waals surface area contributed by atoms with E-state index in [0.717, 1.165) is 6.42 Å². The number of hydrogen-bond acceptors (Lipinski definition) is 1. The normalized spacial score (nSPS) is 12.9. The SMILES string of the molecule is NC(=NCCc1ccccc1)C(Cl)(Cl)Cl. The molecule has 0 unspecified atom stereocenters. The molecule has 82 valence electrons. The molecule has 0 aliphatic rings. The Hall–Kier alpha value is -0.440. The van der Waals surface area contributed by atoms with E-state index in [9.17, 15) is 0 Å². The molecular formula is C10H11Cl3N2. The number of alkyl halides is 3. The summed E-state index contributed by atoms with van der Waals surface area (Å²) in [5, 5.41) is 0. The Morgan fingerprint density at radius 2 is 1.80 bits per heavy atom. The van der Waals surface area contributed by atoms with Crippen molar-refractivity contribution in [3.8, 4) is 0 Å². The molecule has 2 N–H and O–H groups in total. The van der Waals surface area contributed by atoms with Crippen LogP contribution in [0.1, 0.15) is 5.56 Å². The topological polar surface area (TPSA) is 38.4 Å². The minimum atomic E-state index is -1.60. The van der Waals surface area contributed by atoms with Gasteiger partial charge in [-0.1, -0.05) is 65.1 Å². The van der Waals surface area contributed by atoms with E-state index < -0.39 is 3.79 Å². The second kappa shape index (κ2) is 5.59. The number of nitrogens with two attached hydrogens (primary N) is 1. The van der Waals surface area contributed by atoms with Crippen LogP contribution >= 0.6 is 34.8 Å². The number of aliphatic imine (C=N–C) groups is 1. The molecule has 0 aliphatic carbocycles. The average Bonchev–Trinajstić information content (AvgIpc) is 2.18. The molecule has 5 heteroatoms.